The molecule has 1 fully saturated rings. The molecule has 3 unspecified atom stereocenters. The maximum absolute atomic E-state index is 15.1. The van der Waals surface area contributed by atoms with E-state index in [4.69, 9.17) is 4.74 Å². The Balaban J connectivity index is 1.55. The summed E-state index contributed by atoms with van der Waals surface area (Å²) in [4.78, 5) is 6.03. The number of H-pyrrole nitrogens is 1. The van der Waals surface area contributed by atoms with E-state index < -0.39 is 43.9 Å². The minimum Gasteiger partial charge on any atom is -0.433 e. The highest BCUT2D eigenvalue weighted by atomic mass is 19.3. The maximum Gasteiger partial charge on any atom is 0.387 e. The van der Waals surface area contributed by atoms with E-state index in [1.807, 2.05) is 0 Å². The molecule has 2 aliphatic rings. The van der Waals surface area contributed by atoms with E-state index in [0.717, 1.165) is 11.4 Å². The summed E-state index contributed by atoms with van der Waals surface area (Å²) in [6, 6.07) is 6.88. The predicted octanol–water partition coefficient (Wildman–Crippen LogP) is 6.65. The molecular formula is C28H31F7N4O. The molecule has 2 aliphatic heterocycles. The Morgan fingerprint density at radius 3 is 2.65 bits per heavy atom. The lowest BCUT2D eigenvalue weighted by Gasteiger charge is -2.42. The second-order valence-electron chi connectivity index (χ2n) is 10.4. The number of nitrogens with zero attached hydrogens (tertiary/aromatic N) is 2. The van der Waals surface area contributed by atoms with Gasteiger partial charge in [0.05, 0.1) is 23.9 Å². The number of aromatic amines is 1. The number of para-hydroxylation sites is 1. The number of anilines is 1. The van der Waals surface area contributed by atoms with E-state index in [1.165, 1.54) is 24.3 Å². The van der Waals surface area contributed by atoms with Crippen LogP contribution in [0.4, 0.5) is 36.4 Å². The van der Waals surface area contributed by atoms with Crippen LogP contribution in [0, 0.1) is 5.82 Å². The molecule has 2 aromatic carbocycles. The molecular weight excluding hydrogens is 541 g/mol. The number of benzene rings is 2. The van der Waals surface area contributed by atoms with Crippen LogP contribution in [0.15, 0.2) is 36.4 Å². The van der Waals surface area contributed by atoms with Gasteiger partial charge in [-0.2, -0.15) is 8.78 Å². The number of hydrogen-bond acceptors (Lipinski definition) is 4. The summed E-state index contributed by atoms with van der Waals surface area (Å²) in [5.74, 6) is -0.766. The van der Waals surface area contributed by atoms with Crippen LogP contribution in [0.5, 0.6) is 5.75 Å². The molecule has 40 heavy (non-hydrogen) atoms. The number of fused-ring (bicyclic) bond motifs is 3. The molecule has 5 nitrogen and oxygen atoms in total. The van der Waals surface area contributed by atoms with Gasteiger partial charge >= 0.3 is 6.61 Å². The van der Waals surface area contributed by atoms with Gasteiger partial charge in [0.25, 0.3) is 6.43 Å². The van der Waals surface area contributed by atoms with Crippen molar-refractivity contribution in [3.63, 3.8) is 0 Å². The number of alkyl halides is 6. The van der Waals surface area contributed by atoms with Gasteiger partial charge in [-0.3, -0.25) is 9.29 Å². The Kier molecular flexibility index (Phi) is 8.46. The predicted molar refractivity (Wildman–Crippen MR) is 138 cm³/mol. The van der Waals surface area contributed by atoms with Gasteiger partial charge in [-0.05, 0) is 55.5 Å². The summed E-state index contributed by atoms with van der Waals surface area (Å²) in [5.41, 5.74) is 1.65. The summed E-state index contributed by atoms with van der Waals surface area (Å²) in [7, 11) is 0. The van der Waals surface area contributed by atoms with Crippen LogP contribution in [-0.2, 0) is 6.42 Å². The highest BCUT2D eigenvalue weighted by Gasteiger charge is 2.43. The Hall–Kier alpha value is -2.99. The lowest BCUT2D eigenvalue weighted by atomic mass is 9.88. The van der Waals surface area contributed by atoms with Gasteiger partial charge in [0, 0.05) is 42.8 Å². The van der Waals surface area contributed by atoms with Crippen molar-refractivity contribution < 1.29 is 35.5 Å². The van der Waals surface area contributed by atoms with Crippen LogP contribution in [-0.4, -0.2) is 72.5 Å². The quantitative estimate of drug-likeness (QED) is 0.211. The van der Waals surface area contributed by atoms with Crippen LogP contribution in [0.25, 0.3) is 10.9 Å². The Bertz CT molecular complexity index is 1320. The fraction of sp³-hybridized carbons (Fsp3) is 0.500. The first-order chi connectivity index (χ1) is 19.2. The standard InChI is InChI=1S/C28H31F7N4O/c1-15-12-19-18-4-2-5-20(30)23(18)37-24(19)25(39(15)27(33)26(31)32)16-6-7-21(22(13-16)40-28(34)35)36-17-8-11-38(14-17)10-3-9-29/h2,4-7,13,15,17,25-28,36-37H,3,8-12,14H2,1H3/t15-,17?,25?,27?/m1/s1. The zero-order chi connectivity index (χ0) is 28.6. The van der Waals surface area contributed by atoms with Gasteiger partial charge in [0.15, 0.2) is 0 Å². The molecule has 5 rings (SSSR count). The molecule has 4 atom stereocenters. The molecule has 218 valence electrons. The average Bonchev–Trinajstić information content (AvgIpc) is 3.52. The molecule has 1 saturated heterocycles. The topological polar surface area (TPSA) is 43.5 Å². The number of halogens is 7. The molecule has 0 saturated carbocycles. The molecule has 2 N–H and O–H groups in total. The number of rotatable bonds is 10. The molecule has 0 aliphatic carbocycles. The van der Waals surface area contributed by atoms with Crippen molar-refractivity contribution in [3.8, 4) is 5.75 Å². The summed E-state index contributed by atoms with van der Waals surface area (Å²) >= 11 is 0. The van der Waals surface area contributed by atoms with Crippen molar-refractivity contribution in [3.05, 3.63) is 59.0 Å². The monoisotopic (exact) mass is 572 g/mol. The Morgan fingerprint density at radius 1 is 1.12 bits per heavy atom. The number of nitrogens with one attached hydrogen (secondary N) is 2. The molecule has 0 radical (unpaired) electrons. The summed E-state index contributed by atoms with van der Waals surface area (Å²) in [6.07, 6.45) is -4.68. The van der Waals surface area contributed by atoms with Gasteiger partial charge in [0.2, 0.25) is 6.30 Å². The lowest BCUT2D eigenvalue weighted by molar-refractivity contribution is -0.0837. The Labute approximate surface area is 227 Å². The van der Waals surface area contributed by atoms with Gasteiger partial charge in [-0.15, -0.1) is 0 Å². The normalized spacial score (nSPS) is 22.8. The fourth-order valence-electron chi connectivity index (χ4n) is 6.05. The third-order valence-corrected chi connectivity index (χ3v) is 7.77. The third-order valence-electron chi connectivity index (χ3n) is 7.77. The Morgan fingerprint density at radius 2 is 1.93 bits per heavy atom. The first kappa shape index (κ1) is 28.5. The molecule has 3 aromatic rings. The first-order valence-electron chi connectivity index (χ1n) is 13.3. The van der Waals surface area contributed by atoms with Gasteiger partial charge in [0.1, 0.15) is 11.6 Å². The highest BCUT2D eigenvalue weighted by Crippen LogP contribution is 2.45. The van der Waals surface area contributed by atoms with Crippen molar-refractivity contribution in [2.24, 2.45) is 0 Å². The van der Waals surface area contributed by atoms with Gasteiger partial charge in [-0.25, -0.2) is 17.6 Å². The van der Waals surface area contributed by atoms with Crippen LogP contribution < -0.4 is 10.1 Å². The smallest absolute Gasteiger partial charge is 0.387 e. The molecule has 3 heterocycles. The summed E-state index contributed by atoms with van der Waals surface area (Å²) in [6.45, 7) is -0.0905. The van der Waals surface area contributed by atoms with Gasteiger partial charge < -0.3 is 19.9 Å². The average molecular weight is 573 g/mol. The molecule has 0 amide bonds. The van der Waals surface area contributed by atoms with Crippen molar-refractivity contribution in [2.45, 2.75) is 63.6 Å². The van der Waals surface area contributed by atoms with Crippen LogP contribution in [0.1, 0.15) is 42.6 Å². The highest BCUT2D eigenvalue weighted by molar-refractivity contribution is 5.86. The minimum absolute atomic E-state index is 0.103. The summed E-state index contributed by atoms with van der Waals surface area (Å²) < 4.78 is 102. The van der Waals surface area contributed by atoms with E-state index in [1.54, 1.807) is 19.1 Å². The zero-order valence-electron chi connectivity index (χ0n) is 21.8. The van der Waals surface area contributed by atoms with Crippen molar-refractivity contribution in [2.75, 3.05) is 31.6 Å². The van der Waals surface area contributed by atoms with Crippen molar-refractivity contribution >= 4 is 16.6 Å². The minimum atomic E-state index is -3.33. The summed E-state index contributed by atoms with van der Waals surface area (Å²) in [5, 5.41) is 3.76. The van der Waals surface area contributed by atoms with Crippen LogP contribution in [0.2, 0.25) is 0 Å². The van der Waals surface area contributed by atoms with E-state index in [0.29, 0.717) is 42.6 Å². The molecule has 12 heteroatoms. The van der Waals surface area contributed by atoms with Gasteiger partial charge in [-0.1, -0.05) is 18.2 Å². The number of aromatic nitrogens is 1. The number of ether oxygens (including phenoxy) is 1. The molecule has 0 bridgehead atoms. The maximum atomic E-state index is 15.1. The third kappa shape index (κ3) is 5.60. The van der Waals surface area contributed by atoms with Crippen LogP contribution in [0.3, 0.4) is 0 Å². The zero-order valence-corrected chi connectivity index (χ0v) is 21.8. The van der Waals surface area contributed by atoms with Crippen molar-refractivity contribution in [1.29, 1.82) is 0 Å². The molecule has 0 spiro atoms. The van der Waals surface area contributed by atoms with Crippen LogP contribution >= 0.6 is 0 Å². The first-order valence-corrected chi connectivity index (χ1v) is 13.3. The SMILES string of the molecule is C[C@@H]1Cc2c([nH]c3c(F)cccc23)C(c2ccc(NC3CCN(CCCF)C3)c(OC(F)F)c2)N1C(F)C(F)F. The molecule has 1 aromatic heterocycles. The van der Waals surface area contributed by atoms with E-state index in [9.17, 15) is 26.3 Å². The number of likely N-dealkylation sites (tertiary alicyclic amines) is 1. The van der Waals surface area contributed by atoms with Crippen molar-refractivity contribution in [1.82, 2.24) is 14.8 Å². The van der Waals surface area contributed by atoms with E-state index >= 15 is 4.39 Å². The number of hydrogen-bond donors (Lipinski definition) is 2. The lowest BCUT2D eigenvalue weighted by Crippen LogP contribution is -2.49. The van der Waals surface area contributed by atoms with E-state index in [-0.39, 0.29) is 35.0 Å². The second-order valence-corrected chi connectivity index (χ2v) is 10.4. The second kappa shape index (κ2) is 11.9. The largest absolute Gasteiger partial charge is 0.433 e. The van der Waals surface area contributed by atoms with E-state index in [2.05, 4.69) is 15.2 Å². The fourth-order valence-corrected chi connectivity index (χ4v) is 6.05.